The molecule has 2 rings (SSSR count). The number of carbonyl (C=O) groups excluding carboxylic acids is 1. The van der Waals surface area contributed by atoms with Gasteiger partial charge in [0.05, 0.1) is 23.7 Å². The van der Waals surface area contributed by atoms with Crippen LogP contribution in [0.25, 0.3) is 0 Å². The number of nitrogens with one attached hydrogen (secondary N) is 3. The first-order valence-corrected chi connectivity index (χ1v) is 7.63. The minimum atomic E-state index is -3.35. The maximum atomic E-state index is 12.0. The second kappa shape index (κ2) is 5.33. The summed E-state index contributed by atoms with van der Waals surface area (Å²) in [6.45, 7) is 1.74. The van der Waals surface area contributed by atoms with Crippen molar-refractivity contribution >= 4 is 27.3 Å². The van der Waals surface area contributed by atoms with Gasteiger partial charge >= 0.3 is 0 Å². The molecule has 1 amide bonds. The zero-order chi connectivity index (χ0) is 14.8. The summed E-state index contributed by atoms with van der Waals surface area (Å²) >= 11 is 0. The number of amides is 1. The minimum Gasteiger partial charge on any atom is -0.322 e. The molecule has 2 aromatic rings. The van der Waals surface area contributed by atoms with Gasteiger partial charge in [0, 0.05) is 11.4 Å². The molecule has 0 bridgehead atoms. The second-order valence-corrected chi connectivity index (χ2v) is 6.07. The smallest absolute Gasteiger partial charge is 0.259 e. The maximum Gasteiger partial charge on any atom is 0.259 e. The Hall–Kier alpha value is -2.35. The van der Waals surface area contributed by atoms with E-state index in [0.717, 1.165) is 6.26 Å². The standard InChI is InChI=1S/C12H14N4O3S/c1-8-11(7-13-15-8)12(17)14-9-4-3-5-10(6-9)16-20(2,18)19/h3-7,16H,1-2H3,(H,13,15)(H,14,17). The Labute approximate surface area is 116 Å². The van der Waals surface area contributed by atoms with Gasteiger partial charge in [-0.25, -0.2) is 8.42 Å². The Morgan fingerprint density at radius 1 is 1.30 bits per heavy atom. The highest BCUT2D eigenvalue weighted by molar-refractivity contribution is 7.92. The molecular formula is C12H14N4O3S. The number of carbonyl (C=O) groups is 1. The number of aryl methyl sites for hydroxylation is 1. The van der Waals surface area contributed by atoms with Gasteiger partial charge in [0.1, 0.15) is 0 Å². The highest BCUT2D eigenvalue weighted by atomic mass is 32.2. The van der Waals surface area contributed by atoms with E-state index in [-0.39, 0.29) is 5.91 Å². The molecule has 3 N–H and O–H groups in total. The Bertz CT molecular complexity index is 737. The fourth-order valence-corrected chi connectivity index (χ4v) is 2.21. The third-order valence-electron chi connectivity index (χ3n) is 2.50. The van der Waals surface area contributed by atoms with E-state index in [1.807, 2.05) is 0 Å². The van der Waals surface area contributed by atoms with Crippen LogP contribution >= 0.6 is 0 Å². The van der Waals surface area contributed by atoms with E-state index in [4.69, 9.17) is 0 Å². The number of rotatable bonds is 4. The SMILES string of the molecule is Cc1[nH]ncc1C(=O)Nc1cccc(NS(C)(=O)=O)c1. The molecule has 1 aromatic carbocycles. The normalized spacial score (nSPS) is 11.1. The summed E-state index contributed by atoms with van der Waals surface area (Å²) in [4.78, 5) is 12.0. The summed E-state index contributed by atoms with van der Waals surface area (Å²) in [5.74, 6) is -0.312. The fourth-order valence-electron chi connectivity index (χ4n) is 1.65. The number of nitrogens with zero attached hydrogens (tertiary/aromatic N) is 1. The van der Waals surface area contributed by atoms with Crippen molar-refractivity contribution < 1.29 is 13.2 Å². The molecule has 0 saturated heterocycles. The number of anilines is 2. The van der Waals surface area contributed by atoms with E-state index < -0.39 is 10.0 Å². The van der Waals surface area contributed by atoms with E-state index in [1.54, 1.807) is 25.1 Å². The molecule has 7 nitrogen and oxygen atoms in total. The van der Waals surface area contributed by atoms with Gasteiger partial charge < -0.3 is 5.32 Å². The van der Waals surface area contributed by atoms with Gasteiger partial charge in [-0.05, 0) is 25.1 Å². The Balaban J connectivity index is 2.16. The zero-order valence-electron chi connectivity index (χ0n) is 11.0. The van der Waals surface area contributed by atoms with Crippen LogP contribution < -0.4 is 10.0 Å². The fraction of sp³-hybridized carbons (Fsp3) is 0.167. The predicted octanol–water partition coefficient (Wildman–Crippen LogP) is 1.34. The molecule has 0 aliphatic heterocycles. The molecule has 1 heterocycles. The lowest BCUT2D eigenvalue weighted by Crippen LogP contribution is -2.13. The van der Waals surface area contributed by atoms with E-state index in [1.165, 1.54) is 12.3 Å². The lowest BCUT2D eigenvalue weighted by atomic mass is 10.2. The molecule has 1 aromatic heterocycles. The van der Waals surface area contributed by atoms with E-state index >= 15 is 0 Å². The lowest BCUT2D eigenvalue weighted by Gasteiger charge is -2.08. The van der Waals surface area contributed by atoms with Crippen molar-refractivity contribution in [1.29, 1.82) is 0 Å². The third kappa shape index (κ3) is 3.58. The van der Waals surface area contributed by atoms with Gasteiger partial charge in [-0.15, -0.1) is 0 Å². The molecule has 0 radical (unpaired) electrons. The van der Waals surface area contributed by atoms with Crippen LogP contribution in [0.15, 0.2) is 30.5 Å². The van der Waals surface area contributed by atoms with Gasteiger partial charge in [-0.2, -0.15) is 5.10 Å². The van der Waals surface area contributed by atoms with Crippen LogP contribution in [0.5, 0.6) is 0 Å². The average Bonchev–Trinajstić information content (AvgIpc) is 2.73. The van der Waals surface area contributed by atoms with Crippen LogP contribution in [-0.2, 0) is 10.0 Å². The van der Waals surface area contributed by atoms with Gasteiger partial charge in [0.15, 0.2) is 0 Å². The first kappa shape index (κ1) is 14.1. The quantitative estimate of drug-likeness (QED) is 0.791. The summed E-state index contributed by atoms with van der Waals surface area (Å²) in [6, 6.07) is 6.44. The minimum absolute atomic E-state index is 0.312. The molecule has 106 valence electrons. The number of benzene rings is 1. The first-order chi connectivity index (χ1) is 9.35. The van der Waals surface area contributed by atoms with Crippen molar-refractivity contribution in [3.63, 3.8) is 0 Å². The van der Waals surface area contributed by atoms with Crippen LogP contribution in [0.1, 0.15) is 16.1 Å². The van der Waals surface area contributed by atoms with E-state index in [0.29, 0.717) is 22.6 Å². The maximum absolute atomic E-state index is 12.0. The summed E-state index contributed by atoms with van der Waals surface area (Å²) in [5, 5.41) is 9.13. The number of hydrogen-bond acceptors (Lipinski definition) is 4. The molecule has 0 aliphatic carbocycles. The lowest BCUT2D eigenvalue weighted by molar-refractivity contribution is 0.102. The summed E-state index contributed by atoms with van der Waals surface area (Å²) in [5.41, 5.74) is 1.97. The number of sulfonamides is 1. The van der Waals surface area contributed by atoms with Gasteiger partial charge in [0.25, 0.3) is 5.91 Å². The topological polar surface area (TPSA) is 104 Å². The van der Waals surface area contributed by atoms with Crippen molar-refractivity contribution in [1.82, 2.24) is 10.2 Å². The molecule has 0 unspecified atom stereocenters. The number of aromatic amines is 1. The van der Waals surface area contributed by atoms with Crippen molar-refractivity contribution in [3.8, 4) is 0 Å². The molecule has 20 heavy (non-hydrogen) atoms. The Morgan fingerprint density at radius 3 is 2.60 bits per heavy atom. The summed E-state index contributed by atoms with van der Waals surface area (Å²) in [7, 11) is -3.35. The number of hydrogen-bond donors (Lipinski definition) is 3. The predicted molar refractivity (Wildman–Crippen MR) is 76.2 cm³/mol. The first-order valence-electron chi connectivity index (χ1n) is 5.74. The van der Waals surface area contributed by atoms with Gasteiger partial charge in [0.2, 0.25) is 10.0 Å². The number of aromatic nitrogens is 2. The van der Waals surface area contributed by atoms with Crippen LogP contribution in [0.4, 0.5) is 11.4 Å². The third-order valence-corrected chi connectivity index (χ3v) is 3.10. The molecule has 0 spiro atoms. The molecule has 0 fully saturated rings. The monoisotopic (exact) mass is 294 g/mol. The largest absolute Gasteiger partial charge is 0.322 e. The summed E-state index contributed by atoms with van der Waals surface area (Å²) in [6.07, 6.45) is 2.50. The van der Waals surface area contributed by atoms with Crippen molar-refractivity contribution in [2.45, 2.75) is 6.92 Å². The van der Waals surface area contributed by atoms with E-state index in [9.17, 15) is 13.2 Å². The molecule has 8 heteroatoms. The molecular weight excluding hydrogens is 280 g/mol. The molecule has 0 saturated carbocycles. The van der Waals surface area contributed by atoms with Gasteiger partial charge in [-0.1, -0.05) is 6.07 Å². The van der Waals surface area contributed by atoms with Crippen molar-refractivity contribution in [2.24, 2.45) is 0 Å². The van der Waals surface area contributed by atoms with Gasteiger partial charge in [-0.3, -0.25) is 14.6 Å². The highest BCUT2D eigenvalue weighted by Gasteiger charge is 2.11. The molecule has 0 aliphatic rings. The van der Waals surface area contributed by atoms with Crippen LogP contribution in [0.3, 0.4) is 0 Å². The molecule has 0 atom stereocenters. The van der Waals surface area contributed by atoms with E-state index in [2.05, 4.69) is 20.2 Å². The van der Waals surface area contributed by atoms with Crippen molar-refractivity contribution in [2.75, 3.05) is 16.3 Å². The Morgan fingerprint density at radius 2 is 2.00 bits per heavy atom. The van der Waals surface area contributed by atoms with Crippen LogP contribution in [-0.4, -0.2) is 30.8 Å². The average molecular weight is 294 g/mol. The van der Waals surface area contributed by atoms with Crippen molar-refractivity contribution in [3.05, 3.63) is 41.7 Å². The Kier molecular flexibility index (Phi) is 3.75. The highest BCUT2D eigenvalue weighted by Crippen LogP contribution is 2.17. The van der Waals surface area contributed by atoms with Crippen LogP contribution in [0, 0.1) is 6.92 Å². The number of H-pyrrole nitrogens is 1. The second-order valence-electron chi connectivity index (χ2n) is 4.32. The van der Waals surface area contributed by atoms with Crippen LogP contribution in [0.2, 0.25) is 0 Å². The summed E-state index contributed by atoms with van der Waals surface area (Å²) < 4.78 is 24.7. The zero-order valence-corrected chi connectivity index (χ0v) is 11.8.